The highest BCUT2D eigenvalue weighted by Gasteiger charge is 2.38. The third-order valence-electron chi connectivity index (χ3n) is 11.0. The number of carboxylic acid groups (broad SMARTS) is 1. The second-order valence-electron chi connectivity index (χ2n) is 15.1. The van der Waals surface area contributed by atoms with E-state index in [1.54, 1.807) is 30.3 Å². The minimum atomic E-state index is -1.27. The lowest BCUT2D eigenvalue weighted by Gasteiger charge is -2.30. The quantitative estimate of drug-likeness (QED) is 0.0708. The average Bonchev–Trinajstić information content (AvgIpc) is 4.05. The first-order valence-electron chi connectivity index (χ1n) is 19.5. The summed E-state index contributed by atoms with van der Waals surface area (Å²) in [5.74, 6) is 1.43. The summed E-state index contributed by atoms with van der Waals surface area (Å²) in [6, 6.07) is 21.2. The van der Waals surface area contributed by atoms with Gasteiger partial charge in [-0.3, -0.25) is 14.9 Å². The van der Waals surface area contributed by atoms with Crippen molar-refractivity contribution in [3.63, 3.8) is 0 Å². The van der Waals surface area contributed by atoms with Crippen LogP contribution in [0.2, 0.25) is 0 Å². The Hall–Kier alpha value is -5.99. The van der Waals surface area contributed by atoms with Crippen LogP contribution in [0, 0.1) is 5.92 Å². The highest BCUT2D eigenvalue weighted by Crippen LogP contribution is 2.35. The van der Waals surface area contributed by atoms with Crippen molar-refractivity contribution >= 4 is 17.9 Å². The van der Waals surface area contributed by atoms with E-state index in [0.29, 0.717) is 32.1 Å². The number of benzene rings is 3. The van der Waals surface area contributed by atoms with Crippen molar-refractivity contribution < 1.29 is 29.3 Å². The van der Waals surface area contributed by atoms with E-state index in [2.05, 4.69) is 62.0 Å². The number of hydrogen-bond donors (Lipinski definition) is 6. The molecule has 0 saturated carbocycles. The van der Waals surface area contributed by atoms with Gasteiger partial charge in [0.05, 0.1) is 48.6 Å². The second-order valence-corrected chi connectivity index (χ2v) is 15.1. The number of ether oxygens (including phenoxy) is 1. The molecule has 2 fully saturated rings. The first kappa shape index (κ1) is 39.3. The van der Waals surface area contributed by atoms with Crippen molar-refractivity contribution in [2.24, 2.45) is 5.92 Å². The SMILES string of the molecule is COCN[C@H](C(=O)N1CCC[C@H]1c1ncc(-c2ccc(-c3ccc(-c4cnc([C@@H]5CCCN5C(=O)[C@H](Cc5ccc(O)cc5)NC(=O)O)[nH]4)cc3)cc2)[nH]1)C(C)C. The number of rotatable bonds is 14. The molecule has 2 aliphatic heterocycles. The number of aromatic nitrogens is 4. The van der Waals surface area contributed by atoms with Gasteiger partial charge in [0.2, 0.25) is 11.8 Å². The van der Waals surface area contributed by atoms with Gasteiger partial charge in [-0.2, -0.15) is 0 Å². The van der Waals surface area contributed by atoms with Gasteiger partial charge in [0.1, 0.15) is 23.4 Å². The maximum atomic E-state index is 13.7. The van der Waals surface area contributed by atoms with Gasteiger partial charge in [0, 0.05) is 26.6 Å². The number of methoxy groups -OCH3 is 1. The molecule has 7 rings (SSSR count). The van der Waals surface area contributed by atoms with Crippen molar-refractivity contribution in [2.45, 2.75) is 70.1 Å². The second kappa shape index (κ2) is 17.4. The van der Waals surface area contributed by atoms with Crippen LogP contribution in [-0.2, 0) is 20.7 Å². The number of phenols is 1. The first-order chi connectivity index (χ1) is 27.6. The monoisotopic (exact) mass is 774 g/mol. The standard InChI is InChI=1S/C43H50N8O6/c1-26(2)38(46-25-57-3)42(54)51-21-5-7-37(51)40-45-24-35(48-40)31-16-12-29(13-17-31)28-10-14-30(15-11-28)34-23-44-39(47-34)36-6-4-20-50(36)41(53)33(49-43(55)56)22-27-8-18-32(52)19-9-27/h8-19,23-24,26,33,36-38,46,49,52H,4-7,20-22,25H2,1-3H3,(H,44,47)(H,45,48)(H,55,56)/t33-,36-,37-,38-/m0/s1. The van der Waals surface area contributed by atoms with Crippen LogP contribution < -0.4 is 10.6 Å². The molecule has 14 nitrogen and oxygen atoms in total. The molecular weight excluding hydrogens is 725 g/mol. The van der Waals surface area contributed by atoms with Crippen LogP contribution >= 0.6 is 0 Å². The Bertz CT molecular complexity index is 2150. The topological polar surface area (TPSA) is 189 Å². The zero-order valence-corrected chi connectivity index (χ0v) is 32.4. The van der Waals surface area contributed by atoms with E-state index in [0.717, 1.165) is 64.3 Å². The normalized spacial score (nSPS) is 17.9. The number of carbonyl (C=O) groups is 3. The summed E-state index contributed by atoms with van der Waals surface area (Å²) < 4.78 is 5.18. The Balaban J connectivity index is 0.997. The highest BCUT2D eigenvalue weighted by molar-refractivity contribution is 5.86. The third-order valence-corrected chi connectivity index (χ3v) is 11.0. The van der Waals surface area contributed by atoms with Gasteiger partial charge >= 0.3 is 6.09 Å². The number of H-pyrrole nitrogens is 2. The van der Waals surface area contributed by atoms with E-state index >= 15 is 0 Å². The molecule has 4 atom stereocenters. The molecule has 3 amide bonds. The molecule has 14 heteroatoms. The largest absolute Gasteiger partial charge is 0.508 e. The van der Waals surface area contributed by atoms with Crippen molar-refractivity contribution in [3.05, 3.63) is 102 Å². The molecule has 2 saturated heterocycles. The van der Waals surface area contributed by atoms with Crippen molar-refractivity contribution in [1.29, 1.82) is 0 Å². The Morgan fingerprint density at radius 3 is 1.74 bits per heavy atom. The van der Waals surface area contributed by atoms with Crippen LogP contribution in [0.15, 0.2) is 85.2 Å². The van der Waals surface area contributed by atoms with Gasteiger partial charge in [-0.25, -0.2) is 14.8 Å². The number of imidazole rings is 2. The smallest absolute Gasteiger partial charge is 0.405 e. The Morgan fingerprint density at radius 2 is 1.26 bits per heavy atom. The van der Waals surface area contributed by atoms with Gasteiger partial charge in [-0.1, -0.05) is 74.5 Å². The number of carbonyl (C=O) groups excluding carboxylic acids is 2. The van der Waals surface area contributed by atoms with E-state index in [-0.39, 0.29) is 48.0 Å². The zero-order chi connectivity index (χ0) is 40.1. The summed E-state index contributed by atoms with van der Waals surface area (Å²) in [7, 11) is 1.61. The molecular formula is C43H50N8O6. The van der Waals surface area contributed by atoms with Crippen molar-refractivity contribution in [2.75, 3.05) is 26.9 Å². The Labute approximate surface area is 331 Å². The molecule has 57 heavy (non-hydrogen) atoms. The average molecular weight is 775 g/mol. The van der Waals surface area contributed by atoms with Gasteiger partial charge in [-0.15, -0.1) is 0 Å². The molecule has 5 aromatic rings. The number of nitrogens with zero attached hydrogens (tertiary/aromatic N) is 4. The first-order valence-corrected chi connectivity index (χ1v) is 19.5. The molecule has 2 aliphatic rings. The van der Waals surface area contributed by atoms with Crippen LogP contribution in [0.1, 0.15) is 68.8 Å². The summed E-state index contributed by atoms with van der Waals surface area (Å²) >= 11 is 0. The number of nitrogens with one attached hydrogen (secondary N) is 4. The predicted molar refractivity (Wildman–Crippen MR) is 215 cm³/mol. The third kappa shape index (κ3) is 8.87. The lowest BCUT2D eigenvalue weighted by molar-refractivity contribution is -0.136. The molecule has 0 bridgehead atoms. The van der Waals surface area contributed by atoms with E-state index in [1.165, 1.54) is 12.1 Å². The maximum Gasteiger partial charge on any atom is 0.405 e. The molecule has 0 unspecified atom stereocenters. The van der Waals surface area contributed by atoms with E-state index in [4.69, 9.17) is 9.72 Å². The van der Waals surface area contributed by atoms with Gasteiger partial charge < -0.3 is 40.0 Å². The van der Waals surface area contributed by atoms with Crippen molar-refractivity contribution in [1.82, 2.24) is 40.4 Å². The molecule has 6 N–H and O–H groups in total. The zero-order valence-electron chi connectivity index (χ0n) is 32.4. The maximum absolute atomic E-state index is 13.7. The van der Waals surface area contributed by atoms with E-state index in [1.807, 2.05) is 37.1 Å². The minimum Gasteiger partial charge on any atom is -0.508 e. The summed E-state index contributed by atoms with van der Waals surface area (Å²) in [5, 5.41) is 24.8. The molecule has 0 aliphatic carbocycles. The number of phenolic OH excluding ortho intramolecular Hbond substituents is 1. The van der Waals surface area contributed by atoms with Gasteiger partial charge in [0.25, 0.3) is 0 Å². The van der Waals surface area contributed by atoms with Crippen LogP contribution in [-0.4, -0.2) is 96.9 Å². The summed E-state index contributed by atoms with van der Waals surface area (Å²) in [4.78, 5) is 58.8. The fourth-order valence-corrected chi connectivity index (χ4v) is 8.00. The van der Waals surface area contributed by atoms with Crippen LogP contribution in [0.5, 0.6) is 5.75 Å². The van der Waals surface area contributed by atoms with E-state index < -0.39 is 12.1 Å². The molecule has 0 radical (unpaired) electrons. The molecule has 298 valence electrons. The van der Waals surface area contributed by atoms with Gasteiger partial charge in [0.15, 0.2) is 0 Å². The number of hydrogen-bond acceptors (Lipinski definition) is 8. The van der Waals surface area contributed by atoms with Crippen LogP contribution in [0.4, 0.5) is 4.79 Å². The van der Waals surface area contributed by atoms with Gasteiger partial charge in [-0.05, 0) is 71.6 Å². The fraction of sp³-hybridized carbons (Fsp3) is 0.372. The Morgan fingerprint density at radius 1 is 0.772 bits per heavy atom. The Kier molecular flexibility index (Phi) is 12.0. The molecule has 3 aromatic carbocycles. The lowest BCUT2D eigenvalue weighted by atomic mass is 10.0. The molecule has 4 heterocycles. The summed E-state index contributed by atoms with van der Waals surface area (Å²) in [6.45, 7) is 5.58. The number of aromatic hydroxyl groups is 1. The molecule has 2 aromatic heterocycles. The van der Waals surface area contributed by atoms with Crippen LogP contribution in [0.3, 0.4) is 0 Å². The fourth-order valence-electron chi connectivity index (χ4n) is 8.00. The summed E-state index contributed by atoms with van der Waals surface area (Å²) in [6.07, 6.45) is 5.75. The number of likely N-dealkylation sites (tertiary alicyclic amines) is 2. The number of aromatic amines is 2. The molecule has 0 spiro atoms. The summed E-state index contributed by atoms with van der Waals surface area (Å²) in [5.41, 5.74) is 6.50. The number of amides is 3. The van der Waals surface area contributed by atoms with Crippen LogP contribution in [0.25, 0.3) is 33.6 Å². The van der Waals surface area contributed by atoms with E-state index in [9.17, 15) is 24.6 Å². The lowest BCUT2D eigenvalue weighted by Crippen LogP contribution is -2.49. The highest BCUT2D eigenvalue weighted by atomic mass is 16.5. The van der Waals surface area contributed by atoms with Crippen molar-refractivity contribution in [3.8, 4) is 39.4 Å². The predicted octanol–water partition coefficient (Wildman–Crippen LogP) is 6.26. The minimum absolute atomic E-state index is 0.0717.